The van der Waals surface area contributed by atoms with Crippen LogP contribution in [-0.4, -0.2) is 36.8 Å². The maximum atomic E-state index is 13.1. The summed E-state index contributed by atoms with van der Waals surface area (Å²) in [7, 11) is -3.53. The fourth-order valence-electron chi connectivity index (χ4n) is 3.49. The molecule has 2 heterocycles. The SMILES string of the molecule is Cc1nc(-c2ccc(S(=O)(=O)N3CCC[C@@H](Nc4ccccc4)C3)cc2)co1. The monoisotopic (exact) mass is 397 g/mol. The lowest BCUT2D eigenvalue weighted by Crippen LogP contribution is -2.45. The molecule has 1 N–H and O–H groups in total. The minimum atomic E-state index is -3.53. The Hall–Kier alpha value is -2.64. The Morgan fingerprint density at radius 1 is 1.11 bits per heavy atom. The van der Waals surface area contributed by atoms with Crippen LogP contribution in [0.1, 0.15) is 18.7 Å². The van der Waals surface area contributed by atoms with Gasteiger partial charge in [-0.15, -0.1) is 0 Å². The highest BCUT2D eigenvalue weighted by Crippen LogP contribution is 2.25. The van der Waals surface area contributed by atoms with Gasteiger partial charge in [0.1, 0.15) is 12.0 Å². The van der Waals surface area contributed by atoms with Gasteiger partial charge < -0.3 is 9.73 Å². The largest absolute Gasteiger partial charge is 0.449 e. The summed E-state index contributed by atoms with van der Waals surface area (Å²) in [5, 5.41) is 3.44. The highest BCUT2D eigenvalue weighted by atomic mass is 32.2. The number of nitrogens with zero attached hydrogens (tertiary/aromatic N) is 2. The fraction of sp³-hybridized carbons (Fsp3) is 0.286. The van der Waals surface area contributed by atoms with Gasteiger partial charge in [0.2, 0.25) is 10.0 Å². The van der Waals surface area contributed by atoms with Crippen molar-refractivity contribution < 1.29 is 12.8 Å². The van der Waals surface area contributed by atoms with Gasteiger partial charge in [-0.25, -0.2) is 13.4 Å². The van der Waals surface area contributed by atoms with Gasteiger partial charge in [-0.2, -0.15) is 4.31 Å². The van der Waals surface area contributed by atoms with Crippen LogP contribution in [0.3, 0.4) is 0 Å². The van der Waals surface area contributed by atoms with Crippen molar-refractivity contribution in [2.45, 2.75) is 30.7 Å². The Bertz CT molecular complexity index is 1030. The van der Waals surface area contributed by atoms with Crippen LogP contribution >= 0.6 is 0 Å². The lowest BCUT2D eigenvalue weighted by Gasteiger charge is -2.33. The topological polar surface area (TPSA) is 75.4 Å². The molecule has 1 aliphatic heterocycles. The first-order valence-corrected chi connectivity index (χ1v) is 10.8. The zero-order valence-corrected chi connectivity index (χ0v) is 16.5. The van der Waals surface area contributed by atoms with Crippen molar-refractivity contribution in [1.29, 1.82) is 0 Å². The van der Waals surface area contributed by atoms with Crippen LogP contribution in [0.5, 0.6) is 0 Å². The predicted molar refractivity (Wildman–Crippen MR) is 109 cm³/mol. The average molecular weight is 398 g/mol. The smallest absolute Gasteiger partial charge is 0.243 e. The molecule has 0 radical (unpaired) electrons. The van der Waals surface area contributed by atoms with E-state index in [9.17, 15) is 8.42 Å². The Labute approximate surface area is 165 Å². The molecule has 1 saturated heterocycles. The Kier molecular flexibility index (Phi) is 5.19. The molecule has 7 heteroatoms. The van der Waals surface area contributed by atoms with Gasteiger partial charge in [0.05, 0.1) is 4.90 Å². The zero-order chi connectivity index (χ0) is 19.6. The van der Waals surface area contributed by atoms with E-state index in [0.717, 1.165) is 24.1 Å². The molecule has 4 rings (SSSR count). The first kappa shape index (κ1) is 18.7. The van der Waals surface area contributed by atoms with Crippen LogP contribution in [-0.2, 0) is 10.0 Å². The number of oxazole rings is 1. The van der Waals surface area contributed by atoms with Gasteiger partial charge in [0.15, 0.2) is 5.89 Å². The summed E-state index contributed by atoms with van der Waals surface area (Å²) in [5.41, 5.74) is 2.55. The van der Waals surface area contributed by atoms with Crippen LogP contribution in [0.4, 0.5) is 5.69 Å². The maximum absolute atomic E-state index is 13.1. The number of para-hydroxylation sites is 1. The second-order valence-electron chi connectivity index (χ2n) is 6.99. The van der Waals surface area contributed by atoms with Crippen LogP contribution in [0.2, 0.25) is 0 Å². The molecule has 3 aromatic rings. The number of nitrogens with one attached hydrogen (secondary N) is 1. The summed E-state index contributed by atoms with van der Waals surface area (Å²) >= 11 is 0. The summed E-state index contributed by atoms with van der Waals surface area (Å²) in [6, 6.07) is 16.8. The van der Waals surface area contributed by atoms with Crippen LogP contribution in [0.15, 0.2) is 70.2 Å². The molecule has 1 aliphatic rings. The average Bonchev–Trinajstić information content (AvgIpc) is 3.15. The van der Waals surface area contributed by atoms with E-state index in [2.05, 4.69) is 10.3 Å². The Morgan fingerprint density at radius 3 is 2.54 bits per heavy atom. The van der Waals surface area contributed by atoms with Crippen molar-refractivity contribution in [2.75, 3.05) is 18.4 Å². The minimum absolute atomic E-state index is 0.100. The van der Waals surface area contributed by atoms with E-state index in [1.54, 1.807) is 41.8 Å². The van der Waals surface area contributed by atoms with E-state index in [1.807, 2.05) is 30.3 Å². The number of rotatable bonds is 5. The predicted octanol–water partition coefficient (Wildman–Crippen LogP) is 3.92. The third-order valence-corrected chi connectivity index (χ3v) is 6.81. The first-order valence-electron chi connectivity index (χ1n) is 9.37. The second kappa shape index (κ2) is 7.77. The van der Waals surface area contributed by atoms with E-state index >= 15 is 0 Å². The molecule has 0 bridgehead atoms. The number of aryl methyl sites for hydroxylation is 1. The van der Waals surface area contributed by atoms with Gasteiger partial charge in [-0.05, 0) is 37.1 Å². The summed E-state index contributed by atoms with van der Waals surface area (Å²) in [6.45, 7) is 2.78. The summed E-state index contributed by atoms with van der Waals surface area (Å²) in [6.07, 6.45) is 3.36. The normalized spacial score (nSPS) is 18.1. The van der Waals surface area contributed by atoms with Gasteiger partial charge in [-0.3, -0.25) is 0 Å². The maximum Gasteiger partial charge on any atom is 0.243 e. The number of benzene rings is 2. The number of aromatic nitrogens is 1. The molecule has 0 spiro atoms. The molecule has 0 saturated carbocycles. The standard InChI is InChI=1S/C21H23N3O3S/c1-16-22-21(15-27-16)17-9-11-20(12-10-17)28(25,26)24-13-5-8-19(14-24)23-18-6-3-2-4-7-18/h2-4,6-7,9-12,15,19,23H,5,8,13-14H2,1H3/t19-/m1/s1. The van der Waals surface area contributed by atoms with Crippen molar-refractivity contribution in [2.24, 2.45) is 0 Å². The lowest BCUT2D eigenvalue weighted by molar-refractivity contribution is 0.327. The zero-order valence-electron chi connectivity index (χ0n) is 15.7. The number of hydrogen-bond acceptors (Lipinski definition) is 5. The van der Waals surface area contributed by atoms with E-state index in [0.29, 0.717) is 29.6 Å². The molecule has 1 fully saturated rings. The number of sulfonamides is 1. The molecule has 0 amide bonds. The molecule has 2 aromatic carbocycles. The molecule has 146 valence electrons. The minimum Gasteiger partial charge on any atom is -0.449 e. The molecular weight excluding hydrogens is 374 g/mol. The number of anilines is 1. The Morgan fingerprint density at radius 2 is 1.86 bits per heavy atom. The molecule has 1 atom stereocenters. The summed E-state index contributed by atoms with van der Waals surface area (Å²) in [4.78, 5) is 4.58. The summed E-state index contributed by atoms with van der Waals surface area (Å²) in [5.74, 6) is 0.581. The Balaban J connectivity index is 1.49. The second-order valence-corrected chi connectivity index (χ2v) is 8.93. The van der Waals surface area contributed by atoms with Gasteiger partial charge in [0.25, 0.3) is 0 Å². The lowest BCUT2D eigenvalue weighted by atomic mass is 10.1. The molecule has 6 nitrogen and oxygen atoms in total. The molecule has 1 aromatic heterocycles. The molecule has 0 unspecified atom stereocenters. The fourth-order valence-corrected chi connectivity index (χ4v) is 5.02. The van der Waals surface area contributed by atoms with Crippen molar-refractivity contribution >= 4 is 15.7 Å². The number of hydrogen-bond donors (Lipinski definition) is 1. The van der Waals surface area contributed by atoms with Crippen molar-refractivity contribution in [3.8, 4) is 11.3 Å². The summed E-state index contributed by atoms with van der Waals surface area (Å²) < 4.78 is 33.0. The van der Waals surface area contributed by atoms with Crippen LogP contribution in [0.25, 0.3) is 11.3 Å². The van der Waals surface area contributed by atoms with Crippen molar-refractivity contribution in [3.63, 3.8) is 0 Å². The molecular formula is C21H23N3O3S. The molecule has 28 heavy (non-hydrogen) atoms. The van der Waals surface area contributed by atoms with Crippen LogP contribution < -0.4 is 5.32 Å². The van der Waals surface area contributed by atoms with Gasteiger partial charge in [-0.1, -0.05) is 30.3 Å². The quantitative estimate of drug-likeness (QED) is 0.706. The molecule has 0 aliphatic carbocycles. The third kappa shape index (κ3) is 3.95. The van der Waals surface area contributed by atoms with E-state index in [1.165, 1.54) is 0 Å². The van der Waals surface area contributed by atoms with E-state index in [-0.39, 0.29) is 6.04 Å². The van der Waals surface area contributed by atoms with Crippen LogP contribution in [0, 0.1) is 6.92 Å². The van der Waals surface area contributed by atoms with E-state index < -0.39 is 10.0 Å². The highest BCUT2D eigenvalue weighted by Gasteiger charge is 2.30. The van der Waals surface area contributed by atoms with Gasteiger partial charge >= 0.3 is 0 Å². The highest BCUT2D eigenvalue weighted by molar-refractivity contribution is 7.89. The van der Waals surface area contributed by atoms with E-state index in [4.69, 9.17) is 4.42 Å². The van der Waals surface area contributed by atoms with Crippen molar-refractivity contribution in [3.05, 3.63) is 66.8 Å². The number of piperidine rings is 1. The van der Waals surface area contributed by atoms with Gasteiger partial charge in [0, 0.05) is 37.3 Å². The first-order chi connectivity index (χ1) is 13.5. The third-order valence-electron chi connectivity index (χ3n) is 4.94. The van der Waals surface area contributed by atoms with Crippen molar-refractivity contribution in [1.82, 2.24) is 9.29 Å².